The lowest BCUT2D eigenvalue weighted by Crippen LogP contribution is -2.26. The van der Waals surface area contributed by atoms with Crippen molar-refractivity contribution in [2.75, 3.05) is 7.11 Å². The first-order valence-electron chi connectivity index (χ1n) is 6.49. The molecule has 0 saturated heterocycles. The summed E-state index contributed by atoms with van der Waals surface area (Å²) in [5.41, 5.74) is 3.55. The molecule has 0 saturated carbocycles. The molecule has 2 aromatic carbocycles. The second-order valence-corrected chi connectivity index (χ2v) is 5.14. The Bertz CT molecular complexity index is 618. The van der Waals surface area contributed by atoms with Crippen LogP contribution in [0.25, 0.3) is 0 Å². The molecule has 1 unspecified atom stereocenters. The van der Waals surface area contributed by atoms with Crippen molar-refractivity contribution >= 4 is 6.21 Å². The highest BCUT2D eigenvalue weighted by molar-refractivity contribution is 5.84. The van der Waals surface area contributed by atoms with Crippen molar-refractivity contribution in [3.63, 3.8) is 0 Å². The van der Waals surface area contributed by atoms with Crippen molar-refractivity contribution in [2.45, 2.75) is 18.9 Å². The third-order valence-electron chi connectivity index (χ3n) is 3.77. The molecule has 96 valence electrons. The van der Waals surface area contributed by atoms with Gasteiger partial charge in [-0.25, -0.2) is 0 Å². The van der Waals surface area contributed by atoms with Crippen molar-refractivity contribution in [1.82, 2.24) is 0 Å². The van der Waals surface area contributed by atoms with E-state index in [9.17, 15) is 0 Å². The fourth-order valence-corrected chi connectivity index (χ4v) is 2.59. The number of fused-ring (bicyclic) bond motifs is 1. The van der Waals surface area contributed by atoms with Gasteiger partial charge in [0.1, 0.15) is 5.75 Å². The lowest BCUT2D eigenvalue weighted by Gasteiger charge is -2.30. The zero-order valence-corrected chi connectivity index (χ0v) is 11.3. The van der Waals surface area contributed by atoms with Gasteiger partial charge in [-0.3, -0.25) is 4.99 Å². The number of rotatable bonds is 2. The Hall–Kier alpha value is -2.09. The molecular weight excluding hydrogens is 234 g/mol. The summed E-state index contributed by atoms with van der Waals surface area (Å²) in [6.07, 6.45) is 2.88. The summed E-state index contributed by atoms with van der Waals surface area (Å²) in [4.78, 5) is 4.76. The third kappa shape index (κ3) is 2.14. The van der Waals surface area contributed by atoms with Gasteiger partial charge in [0.15, 0.2) is 0 Å². The Morgan fingerprint density at radius 3 is 2.63 bits per heavy atom. The molecule has 2 heteroatoms. The highest BCUT2D eigenvalue weighted by Gasteiger charge is 2.29. The topological polar surface area (TPSA) is 21.6 Å². The molecule has 1 heterocycles. The zero-order chi connectivity index (χ0) is 13.3. The van der Waals surface area contributed by atoms with Gasteiger partial charge in [0.25, 0.3) is 0 Å². The van der Waals surface area contributed by atoms with Gasteiger partial charge in [0.2, 0.25) is 0 Å². The lowest BCUT2D eigenvalue weighted by molar-refractivity contribution is 0.412. The van der Waals surface area contributed by atoms with Crippen molar-refractivity contribution < 1.29 is 4.74 Å². The minimum atomic E-state index is -0.180. The van der Waals surface area contributed by atoms with E-state index in [1.807, 2.05) is 18.3 Å². The van der Waals surface area contributed by atoms with Crippen molar-refractivity contribution in [3.05, 3.63) is 65.2 Å². The Labute approximate surface area is 113 Å². The van der Waals surface area contributed by atoms with Crippen molar-refractivity contribution in [1.29, 1.82) is 0 Å². The van der Waals surface area contributed by atoms with Gasteiger partial charge in [0.05, 0.1) is 12.6 Å². The molecule has 0 radical (unpaired) electrons. The summed E-state index contributed by atoms with van der Waals surface area (Å²) in [6, 6.07) is 16.6. The fourth-order valence-electron chi connectivity index (χ4n) is 2.59. The monoisotopic (exact) mass is 251 g/mol. The fraction of sp³-hybridized carbons (Fsp3) is 0.235. The summed E-state index contributed by atoms with van der Waals surface area (Å²) < 4.78 is 5.31. The maximum absolute atomic E-state index is 5.31. The molecule has 1 aliphatic rings. The first-order valence-corrected chi connectivity index (χ1v) is 6.49. The molecular formula is C17H17NO. The summed E-state index contributed by atoms with van der Waals surface area (Å²) in [6.45, 7) is 2.18. The minimum absolute atomic E-state index is 0.180. The maximum atomic E-state index is 5.31. The van der Waals surface area contributed by atoms with Crippen LogP contribution in [0, 0.1) is 0 Å². The summed E-state index contributed by atoms with van der Waals surface area (Å²) in [7, 11) is 1.70. The first-order chi connectivity index (χ1) is 9.21. The van der Waals surface area contributed by atoms with E-state index in [1.165, 1.54) is 16.7 Å². The molecule has 0 spiro atoms. The summed E-state index contributed by atoms with van der Waals surface area (Å²) in [5, 5.41) is 0. The van der Waals surface area contributed by atoms with Crippen molar-refractivity contribution in [2.24, 2.45) is 4.99 Å². The van der Waals surface area contributed by atoms with Gasteiger partial charge < -0.3 is 4.74 Å². The quantitative estimate of drug-likeness (QED) is 0.799. The van der Waals surface area contributed by atoms with E-state index < -0.39 is 0 Å². The van der Waals surface area contributed by atoms with Gasteiger partial charge in [-0.15, -0.1) is 0 Å². The van der Waals surface area contributed by atoms with E-state index in [1.54, 1.807) is 7.11 Å². The minimum Gasteiger partial charge on any atom is -0.497 e. The van der Waals surface area contributed by atoms with E-state index in [0.29, 0.717) is 0 Å². The third-order valence-corrected chi connectivity index (χ3v) is 3.77. The van der Waals surface area contributed by atoms with Crippen LogP contribution >= 0.6 is 0 Å². The van der Waals surface area contributed by atoms with Crippen LogP contribution in [0.5, 0.6) is 5.75 Å². The van der Waals surface area contributed by atoms with Crippen LogP contribution in [0.4, 0.5) is 0 Å². The SMILES string of the molecule is COc1ccc2c(c1)CC(C)(c1ccccc1)N=C2. The second kappa shape index (κ2) is 4.54. The summed E-state index contributed by atoms with van der Waals surface area (Å²) in [5.74, 6) is 0.907. The van der Waals surface area contributed by atoms with E-state index in [2.05, 4.69) is 43.3 Å². The molecule has 19 heavy (non-hydrogen) atoms. The van der Waals surface area contributed by atoms with Gasteiger partial charge in [-0.2, -0.15) is 0 Å². The van der Waals surface area contributed by atoms with E-state index in [0.717, 1.165) is 12.2 Å². The van der Waals surface area contributed by atoms with Crippen LogP contribution in [0.1, 0.15) is 23.6 Å². The first kappa shape index (κ1) is 12.0. The molecule has 1 aliphatic heterocycles. The molecule has 3 rings (SSSR count). The number of aliphatic imine (C=N–C) groups is 1. The normalized spacial score (nSPS) is 20.9. The summed E-state index contributed by atoms with van der Waals surface area (Å²) >= 11 is 0. The Morgan fingerprint density at radius 1 is 1.11 bits per heavy atom. The molecule has 0 aliphatic carbocycles. The van der Waals surface area contributed by atoms with Crippen LogP contribution in [0.3, 0.4) is 0 Å². The number of hydrogen-bond acceptors (Lipinski definition) is 2. The van der Waals surface area contributed by atoms with Gasteiger partial charge in [0, 0.05) is 12.6 Å². The lowest BCUT2D eigenvalue weighted by atomic mass is 9.83. The molecule has 2 nitrogen and oxygen atoms in total. The Morgan fingerprint density at radius 2 is 1.89 bits per heavy atom. The van der Waals surface area contributed by atoms with Crippen molar-refractivity contribution in [3.8, 4) is 5.75 Å². The molecule has 0 fully saturated rings. The van der Waals surface area contributed by atoms with E-state index in [4.69, 9.17) is 9.73 Å². The average Bonchev–Trinajstić information content (AvgIpc) is 2.47. The van der Waals surface area contributed by atoms with E-state index in [-0.39, 0.29) is 5.54 Å². The predicted octanol–water partition coefficient (Wildman–Crippen LogP) is 3.59. The number of hydrogen-bond donors (Lipinski definition) is 0. The van der Waals surface area contributed by atoms with Gasteiger partial charge >= 0.3 is 0 Å². The van der Waals surface area contributed by atoms with Gasteiger partial charge in [-0.1, -0.05) is 30.3 Å². The highest BCUT2D eigenvalue weighted by Crippen LogP contribution is 2.34. The molecule has 0 bridgehead atoms. The second-order valence-electron chi connectivity index (χ2n) is 5.14. The predicted molar refractivity (Wildman–Crippen MR) is 78.1 cm³/mol. The smallest absolute Gasteiger partial charge is 0.119 e. The average molecular weight is 251 g/mol. The van der Waals surface area contributed by atoms with Crippen LogP contribution < -0.4 is 4.74 Å². The van der Waals surface area contributed by atoms with Gasteiger partial charge in [-0.05, 0) is 41.8 Å². The Balaban J connectivity index is 2.01. The number of methoxy groups -OCH3 is 1. The Kier molecular flexibility index (Phi) is 2.86. The maximum Gasteiger partial charge on any atom is 0.119 e. The standard InChI is InChI=1S/C17H17NO/c1-17(15-6-4-3-5-7-15)11-14-10-16(19-2)9-8-13(14)12-18-17/h3-10,12H,11H2,1-2H3. The molecule has 2 aromatic rings. The molecule has 1 atom stereocenters. The number of nitrogens with zero attached hydrogens (tertiary/aromatic N) is 1. The van der Waals surface area contributed by atoms with E-state index >= 15 is 0 Å². The van der Waals surface area contributed by atoms with Crippen LogP contribution in [0.2, 0.25) is 0 Å². The largest absolute Gasteiger partial charge is 0.497 e. The molecule has 0 N–H and O–H groups in total. The molecule has 0 amide bonds. The number of benzene rings is 2. The molecule has 0 aromatic heterocycles. The van der Waals surface area contributed by atoms with Crippen LogP contribution in [-0.2, 0) is 12.0 Å². The zero-order valence-electron chi connectivity index (χ0n) is 11.3. The van der Waals surface area contributed by atoms with Crippen LogP contribution in [-0.4, -0.2) is 13.3 Å². The number of ether oxygens (including phenoxy) is 1. The highest BCUT2D eigenvalue weighted by atomic mass is 16.5. The van der Waals surface area contributed by atoms with Crippen LogP contribution in [0.15, 0.2) is 53.5 Å².